The van der Waals surface area contributed by atoms with Crippen molar-refractivity contribution in [2.24, 2.45) is 0 Å². The van der Waals surface area contributed by atoms with Gasteiger partial charge < -0.3 is 15.5 Å². The molecule has 0 atom stereocenters. The zero-order valence-electron chi connectivity index (χ0n) is 11.5. The van der Waals surface area contributed by atoms with Gasteiger partial charge in [0.05, 0.1) is 17.2 Å². The molecule has 0 aliphatic heterocycles. The molecule has 0 amide bonds. The van der Waals surface area contributed by atoms with Gasteiger partial charge >= 0.3 is 0 Å². The lowest BCUT2D eigenvalue weighted by Crippen LogP contribution is -2.22. The molecule has 0 bridgehead atoms. The minimum atomic E-state index is 0.218. The summed E-state index contributed by atoms with van der Waals surface area (Å²) in [6.07, 6.45) is 0. The predicted molar refractivity (Wildman–Crippen MR) is 77.5 cm³/mol. The van der Waals surface area contributed by atoms with E-state index in [0.717, 1.165) is 10.7 Å². The van der Waals surface area contributed by atoms with Crippen LogP contribution in [-0.2, 0) is 6.54 Å². The van der Waals surface area contributed by atoms with Gasteiger partial charge in [0, 0.05) is 26.5 Å². The summed E-state index contributed by atoms with van der Waals surface area (Å²) in [6.45, 7) is 2.62. The molecule has 2 aromatic heterocycles. The second-order valence-corrected chi connectivity index (χ2v) is 5.46. The highest BCUT2D eigenvalue weighted by Gasteiger charge is 2.11. The molecule has 8 heteroatoms. The van der Waals surface area contributed by atoms with Gasteiger partial charge in [-0.15, -0.1) is 11.3 Å². The van der Waals surface area contributed by atoms with Gasteiger partial charge in [-0.1, -0.05) is 0 Å². The maximum absolute atomic E-state index is 5.70. The van der Waals surface area contributed by atoms with Gasteiger partial charge in [0.2, 0.25) is 17.8 Å². The average Bonchev–Trinajstić information content (AvgIpc) is 2.73. The van der Waals surface area contributed by atoms with Crippen molar-refractivity contribution in [1.29, 1.82) is 0 Å². The molecule has 2 heterocycles. The topological polar surface area (TPSA) is 84.1 Å². The lowest BCUT2D eigenvalue weighted by molar-refractivity contribution is 0.829. The third-order valence-corrected chi connectivity index (χ3v) is 3.26. The lowest BCUT2D eigenvalue weighted by atomic mass is 10.4. The van der Waals surface area contributed by atoms with Crippen molar-refractivity contribution in [3.8, 4) is 0 Å². The molecule has 102 valence electrons. The fraction of sp³-hybridized carbons (Fsp3) is 0.455. The van der Waals surface area contributed by atoms with Crippen molar-refractivity contribution < 1.29 is 0 Å². The number of hydrogen-bond donors (Lipinski definition) is 1. The number of nitrogens with zero attached hydrogens (tertiary/aromatic N) is 6. The molecule has 0 unspecified atom stereocenters. The summed E-state index contributed by atoms with van der Waals surface area (Å²) in [5, 5.41) is 3.08. The van der Waals surface area contributed by atoms with Crippen LogP contribution >= 0.6 is 11.3 Å². The van der Waals surface area contributed by atoms with Crippen molar-refractivity contribution in [1.82, 2.24) is 19.9 Å². The zero-order valence-corrected chi connectivity index (χ0v) is 12.3. The maximum Gasteiger partial charge on any atom is 0.232 e. The summed E-state index contributed by atoms with van der Waals surface area (Å²) in [5.41, 5.74) is 6.70. The van der Waals surface area contributed by atoms with Gasteiger partial charge in [-0.25, -0.2) is 4.98 Å². The molecule has 2 aromatic rings. The second kappa shape index (κ2) is 5.35. The number of aryl methyl sites for hydroxylation is 1. The van der Waals surface area contributed by atoms with Crippen LogP contribution in [0, 0.1) is 6.92 Å². The third kappa shape index (κ3) is 3.28. The van der Waals surface area contributed by atoms with E-state index in [9.17, 15) is 0 Å². The van der Waals surface area contributed by atoms with E-state index in [2.05, 4.69) is 19.9 Å². The Labute approximate surface area is 116 Å². The van der Waals surface area contributed by atoms with Crippen LogP contribution in [0.3, 0.4) is 0 Å². The molecule has 0 radical (unpaired) electrons. The van der Waals surface area contributed by atoms with E-state index in [1.54, 1.807) is 16.2 Å². The van der Waals surface area contributed by atoms with Crippen LogP contribution in [0.5, 0.6) is 0 Å². The van der Waals surface area contributed by atoms with Gasteiger partial charge in [-0.05, 0) is 6.92 Å². The standard InChI is InChI=1S/C11H17N7S/c1-7-13-8(6-19-7)5-18(4)11-15-9(12)14-10(16-11)17(2)3/h6H,5H2,1-4H3,(H2,12,14,15,16). The molecule has 7 nitrogen and oxygen atoms in total. The molecule has 0 spiro atoms. The molecule has 0 aliphatic carbocycles. The quantitative estimate of drug-likeness (QED) is 0.890. The van der Waals surface area contributed by atoms with Gasteiger partial charge in [0.25, 0.3) is 0 Å². The number of nitrogen functional groups attached to an aromatic ring is 1. The summed E-state index contributed by atoms with van der Waals surface area (Å²) in [4.78, 5) is 20.7. The summed E-state index contributed by atoms with van der Waals surface area (Å²) >= 11 is 1.63. The number of aromatic nitrogens is 4. The minimum absolute atomic E-state index is 0.218. The molecule has 2 N–H and O–H groups in total. The minimum Gasteiger partial charge on any atom is -0.368 e. The average molecular weight is 279 g/mol. The first-order chi connectivity index (χ1) is 8.95. The van der Waals surface area contributed by atoms with E-state index in [-0.39, 0.29) is 5.95 Å². The number of thiazole rings is 1. The van der Waals surface area contributed by atoms with Crippen LogP contribution in [0.25, 0.3) is 0 Å². The van der Waals surface area contributed by atoms with Crippen LogP contribution in [-0.4, -0.2) is 41.1 Å². The molecular formula is C11H17N7S. The molecule has 0 saturated carbocycles. The monoisotopic (exact) mass is 279 g/mol. The Balaban J connectivity index is 2.20. The molecule has 0 saturated heterocycles. The summed E-state index contributed by atoms with van der Waals surface area (Å²) in [6, 6.07) is 0. The summed E-state index contributed by atoms with van der Waals surface area (Å²) in [7, 11) is 5.63. The predicted octanol–water partition coefficient (Wildman–Crippen LogP) is 0.921. The van der Waals surface area contributed by atoms with Crippen molar-refractivity contribution in [2.75, 3.05) is 36.7 Å². The van der Waals surface area contributed by atoms with Crippen LogP contribution < -0.4 is 15.5 Å². The highest BCUT2D eigenvalue weighted by Crippen LogP contribution is 2.16. The van der Waals surface area contributed by atoms with E-state index in [1.165, 1.54) is 0 Å². The van der Waals surface area contributed by atoms with Crippen molar-refractivity contribution >= 4 is 29.2 Å². The fourth-order valence-corrected chi connectivity index (χ4v) is 2.14. The summed E-state index contributed by atoms with van der Waals surface area (Å²) < 4.78 is 0. The Kier molecular flexibility index (Phi) is 3.79. The van der Waals surface area contributed by atoms with Crippen LogP contribution in [0.15, 0.2) is 5.38 Å². The Morgan fingerprint density at radius 1 is 1.11 bits per heavy atom. The Morgan fingerprint density at radius 2 is 1.79 bits per heavy atom. The van der Waals surface area contributed by atoms with Crippen molar-refractivity contribution in [3.63, 3.8) is 0 Å². The SMILES string of the molecule is Cc1nc(CN(C)c2nc(N)nc(N(C)C)n2)cs1. The van der Waals surface area contributed by atoms with Gasteiger partial charge in [-0.3, -0.25) is 0 Å². The maximum atomic E-state index is 5.70. The van der Waals surface area contributed by atoms with Gasteiger partial charge in [0.1, 0.15) is 0 Å². The van der Waals surface area contributed by atoms with Crippen LogP contribution in [0.4, 0.5) is 17.8 Å². The first kappa shape index (κ1) is 13.5. The van der Waals surface area contributed by atoms with Crippen LogP contribution in [0.1, 0.15) is 10.7 Å². The van der Waals surface area contributed by atoms with Gasteiger partial charge in [0.15, 0.2) is 0 Å². The molecular weight excluding hydrogens is 262 g/mol. The third-order valence-electron chi connectivity index (χ3n) is 2.44. The number of anilines is 3. The molecule has 0 fully saturated rings. The Bertz CT molecular complexity index is 566. The second-order valence-electron chi connectivity index (χ2n) is 4.40. The number of nitrogens with two attached hydrogens (primary N) is 1. The lowest BCUT2D eigenvalue weighted by Gasteiger charge is -2.18. The van der Waals surface area contributed by atoms with Crippen LogP contribution in [0.2, 0.25) is 0 Å². The zero-order chi connectivity index (χ0) is 14.0. The Morgan fingerprint density at radius 3 is 2.37 bits per heavy atom. The van der Waals surface area contributed by atoms with E-state index >= 15 is 0 Å². The highest BCUT2D eigenvalue weighted by molar-refractivity contribution is 7.09. The van der Waals surface area contributed by atoms with E-state index in [4.69, 9.17) is 5.73 Å². The molecule has 0 aliphatic rings. The Hall–Kier alpha value is -1.96. The fourth-order valence-electron chi connectivity index (χ4n) is 1.53. The molecule has 2 rings (SSSR count). The van der Waals surface area contributed by atoms with Crippen molar-refractivity contribution in [3.05, 3.63) is 16.1 Å². The smallest absolute Gasteiger partial charge is 0.232 e. The number of rotatable bonds is 4. The normalized spacial score (nSPS) is 10.5. The van der Waals surface area contributed by atoms with E-state index < -0.39 is 0 Å². The molecule has 0 aromatic carbocycles. The first-order valence-electron chi connectivity index (χ1n) is 5.76. The van der Waals surface area contributed by atoms with Crippen molar-refractivity contribution in [2.45, 2.75) is 13.5 Å². The summed E-state index contributed by atoms with van der Waals surface area (Å²) in [5.74, 6) is 1.31. The molecule has 19 heavy (non-hydrogen) atoms. The van der Waals surface area contributed by atoms with Gasteiger partial charge in [-0.2, -0.15) is 15.0 Å². The highest BCUT2D eigenvalue weighted by atomic mass is 32.1. The first-order valence-corrected chi connectivity index (χ1v) is 6.64. The largest absolute Gasteiger partial charge is 0.368 e. The van der Waals surface area contributed by atoms with E-state index in [1.807, 2.05) is 38.3 Å². The number of hydrogen-bond acceptors (Lipinski definition) is 8. The van der Waals surface area contributed by atoms with E-state index in [0.29, 0.717) is 18.4 Å².